The predicted octanol–water partition coefficient (Wildman–Crippen LogP) is 3.03. The van der Waals surface area contributed by atoms with Crippen molar-refractivity contribution >= 4 is 5.91 Å². The van der Waals surface area contributed by atoms with Crippen molar-refractivity contribution < 1.29 is 4.79 Å². The van der Waals surface area contributed by atoms with E-state index in [9.17, 15) is 4.79 Å². The first-order chi connectivity index (χ1) is 11.8. The van der Waals surface area contributed by atoms with Crippen molar-refractivity contribution in [1.29, 1.82) is 5.26 Å². The molecule has 0 saturated carbocycles. The van der Waals surface area contributed by atoms with Gasteiger partial charge in [0.2, 0.25) is 0 Å². The van der Waals surface area contributed by atoms with Crippen LogP contribution in [0.2, 0.25) is 0 Å². The first-order valence-electron chi connectivity index (χ1n) is 8.63. The summed E-state index contributed by atoms with van der Waals surface area (Å²) in [6.45, 7) is 2.61. The Kier molecular flexibility index (Phi) is 5.45. The average molecular weight is 321 g/mol. The lowest BCUT2D eigenvalue weighted by Crippen LogP contribution is -2.39. The van der Waals surface area contributed by atoms with Crippen molar-refractivity contribution in [2.24, 2.45) is 0 Å². The third-order valence-electron chi connectivity index (χ3n) is 4.76. The normalized spacial score (nSPS) is 21.0. The number of carbonyl (C=O) groups is 1. The van der Waals surface area contributed by atoms with Crippen molar-refractivity contribution in [1.82, 2.24) is 10.2 Å². The first kappa shape index (κ1) is 16.5. The Labute approximate surface area is 143 Å². The molecular weight excluding hydrogens is 298 g/mol. The molecule has 24 heavy (non-hydrogen) atoms. The van der Waals surface area contributed by atoms with Gasteiger partial charge in [-0.05, 0) is 43.9 Å². The van der Waals surface area contributed by atoms with Crippen molar-refractivity contribution in [2.45, 2.75) is 31.7 Å². The Morgan fingerprint density at radius 3 is 3.04 bits per heavy atom. The summed E-state index contributed by atoms with van der Waals surface area (Å²) in [7, 11) is 0. The second-order valence-electron chi connectivity index (χ2n) is 6.41. The topological polar surface area (TPSA) is 56.1 Å². The zero-order chi connectivity index (χ0) is 16.8. The molecule has 0 spiro atoms. The highest BCUT2D eigenvalue weighted by Gasteiger charge is 2.20. The lowest BCUT2D eigenvalue weighted by Gasteiger charge is -2.33. The van der Waals surface area contributed by atoms with E-state index in [4.69, 9.17) is 5.26 Å². The molecule has 1 aliphatic heterocycles. The van der Waals surface area contributed by atoms with Crippen LogP contribution in [0, 0.1) is 11.3 Å². The van der Waals surface area contributed by atoms with Crippen LogP contribution in [0.5, 0.6) is 0 Å². The van der Waals surface area contributed by atoms with Crippen LogP contribution < -0.4 is 5.32 Å². The monoisotopic (exact) mass is 321 g/mol. The van der Waals surface area contributed by atoms with Gasteiger partial charge in [-0.3, -0.25) is 9.69 Å². The van der Waals surface area contributed by atoms with E-state index in [2.05, 4.69) is 34.5 Å². The molecule has 3 rings (SSSR count). The summed E-state index contributed by atoms with van der Waals surface area (Å²) < 4.78 is 0. The molecule has 1 aromatic carbocycles. The van der Waals surface area contributed by atoms with Crippen LogP contribution in [0.1, 0.15) is 41.6 Å². The molecule has 0 radical (unpaired) electrons. The van der Waals surface area contributed by atoms with E-state index in [1.807, 2.05) is 0 Å². The van der Waals surface area contributed by atoms with Crippen molar-refractivity contribution in [3.63, 3.8) is 0 Å². The second-order valence-corrected chi connectivity index (χ2v) is 6.41. The maximum absolute atomic E-state index is 12.2. The van der Waals surface area contributed by atoms with E-state index in [0.29, 0.717) is 23.7 Å². The number of nitriles is 1. The number of benzene rings is 1. The largest absolute Gasteiger partial charge is 0.348 e. The van der Waals surface area contributed by atoms with E-state index >= 15 is 0 Å². The Balaban J connectivity index is 1.51. The summed E-state index contributed by atoms with van der Waals surface area (Å²) >= 11 is 0. The Bertz CT molecular complexity index is 699. The van der Waals surface area contributed by atoms with Gasteiger partial charge in [-0.2, -0.15) is 5.26 Å². The van der Waals surface area contributed by atoms with Crippen LogP contribution in [0.3, 0.4) is 0 Å². The van der Waals surface area contributed by atoms with Crippen LogP contribution in [0.25, 0.3) is 0 Å². The molecule has 0 aromatic heterocycles. The number of rotatable bonds is 4. The zero-order valence-corrected chi connectivity index (χ0v) is 13.9. The molecule has 1 atom stereocenters. The molecule has 0 fully saturated rings. The molecule has 1 unspecified atom stereocenters. The van der Waals surface area contributed by atoms with E-state index in [1.165, 1.54) is 24.8 Å². The number of nitrogens with one attached hydrogen (secondary N) is 1. The summed E-state index contributed by atoms with van der Waals surface area (Å²) in [5.74, 6) is -0.120. The Morgan fingerprint density at radius 1 is 1.42 bits per heavy atom. The van der Waals surface area contributed by atoms with Crippen LogP contribution in [0.4, 0.5) is 0 Å². The number of hydrogen-bond acceptors (Lipinski definition) is 3. The van der Waals surface area contributed by atoms with Gasteiger partial charge in [0.25, 0.3) is 5.91 Å². The molecule has 1 amide bonds. The van der Waals surface area contributed by atoms with Gasteiger partial charge in [0.05, 0.1) is 11.6 Å². The van der Waals surface area contributed by atoms with Crippen LogP contribution in [0.15, 0.2) is 48.1 Å². The minimum Gasteiger partial charge on any atom is -0.348 e. The number of carbonyl (C=O) groups excluding carboxylic acids is 1. The van der Waals surface area contributed by atoms with Gasteiger partial charge in [-0.15, -0.1) is 0 Å². The van der Waals surface area contributed by atoms with Gasteiger partial charge in [0.15, 0.2) is 0 Å². The second kappa shape index (κ2) is 7.94. The van der Waals surface area contributed by atoms with Crippen molar-refractivity contribution in [3.8, 4) is 6.07 Å². The average Bonchev–Trinajstić information content (AvgIpc) is 2.67. The number of allylic oxidation sites excluding steroid dienone is 1. The smallest absolute Gasteiger partial charge is 0.251 e. The fourth-order valence-corrected chi connectivity index (χ4v) is 3.31. The first-order valence-corrected chi connectivity index (χ1v) is 8.63. The fraction of sp³-hybridized carbons (Fsp3) is 0.400. The van der Waals surface area contributed by atoms with E-state index < -0.39 is 0 Å². The molecule has 2 aliphatic rings. The Morgan fingerprint density at radius 2 is 2.33 bits per heavy atom. The van der Waals surface area contributed by atoms with Gasteiger partial charge in [-0.25, -0.2) is 0 Å². The van der Waals surface area contributed by atoms with Crippen molar-refractivity contribution in [3.05, 3.63) is 59.2 Å². The van der Waals surface area contributed by atoms with Gasteiger partial charge in [-0.1, -0.05) is 29.9 Å². The van der Waals surface area contributed by atoms with E-state index in [0.717, 1.165) is 19.5 Å². The molecule has 0 saturated heterocycles. The molecule has 124 valence electrons. The van der Waals surface area contributed by atoms with E-state index in [-0.39, 0.29) is 5.91 Å². The molecule has 1 heterocycles. The lowest BCUT2D eigenvalue weighted by atomic mass is 9.99. The third kappa shape index (κ3) is 4.12. The highest BCUT2D eigenvalue weighted by Crippen LogP contribution is 2.20. The highest BCUT2D eigenvalue weighted by molar-refractivity contribution is 5.94. The fourth-order valence-electron chi connectivity index (χ4n) is 3.31. The maximum Gasteiger partial charge on any atom is 0.251 e. The highest BCUT2D eigenvalue weighted by atomic mass is 16.1. The molecule has 0 bridgehead atoms. The predicted molar refractivity (Wildman–Crippen MR) is 94.5 cm³/mol. The van der Waals surface area contributed by atoms with Gasteiger partial charge >= 0.3 is 0 Å². The molecule has 1 N–H and O–H groups in total. The van der Waals surface area contributed by atoms with Gasteiger partial charge in [0.1, 0.15) is 0 Å². The molecule has 1 aliphatic carbocycles. The van der Waals surface area contributed by atoms with Crippen molar-refractivity contribution in [2.75, 3.05) is 19.6 Å². The molecular formula is C20H23N3O. The minimum atomic E-state index is -0.120. The van der Waals surface area contributed by atoms with Gasteiger partial charge < -0.3 is 5.32 Å². The summed E-state index contributed by atoms with van der Waals surface area (Å²) in [5.41, 5.74) is 2.34. The molecule has 4 heteroatoms. The molecule has 1 aromatic rings. The summed E-state index contributed by atoms with van der Waals surface area (Å²) in [6.07, 6.45) is 11.6. The summed E-state index contributed by atoms with van der Waals surface area (Å²) in [6, 6.07) is 9.45. The van der Waals surface area contributed by atoms with Crippen LogP contribution in [-0.2, 0) is 0 Å². The van der Waals surface area contributed by atoms with Gasteiger partial charge in [0, 0.05) is 31.2 Å². The summed E-state index contributed by atoms with van der Waals surface area (Å²) in [4.78, 5) is 14.7. The number of hydrogen-bond donors (Lipinski definition) is 1. The minimum absolute atomic E-state index is 0.120. The summed E-state index contributed by atoms with van der Waals surface area (Å²) in [5, 5.41) is 11.9. The van der Waals surface area contributed by atoms with Crippen LogP contribution >= 0.6 is 0 Å². The SMILES string of the molecule is N#Cc1cccc(C(=O)NCC2=CCN(C3C=CCCC3)CC2)c1. The van der Waals surface area contributed by atoms with Crippen LogP contribution in [-0.4, -0.2) is 36.5 Å². The standard InChI is InChI=1S/C20H23N3O/c21-14-17-5-4-6-18(13-17)20(24)22-15-16-9-11-23(12-10-16)19-7-2-1-3-8-19/h2,4-7,9,13,19H,1,3,8,10-12,15H2,(H,22,24). The molecule has 4 nitrogen and oxygen atoms in total. The van der Waals surface area contributed by atoms with E-state index in [1.54, 1.807) is 24.3 Å². The lowest BCUT2D eigenvalue weighted by molar-refractivity contribution is 0.0956. The number of nitrogens with zero attached hydrogens (tertiary/aromatic N) is 2. The third-order valence-corrected chi connectivity index (χ3v) is 4.76. The maximum atomic E-state index is 12.2. The zero-order valence-electron chi connectivity index (χ0n) is 13.9. The quantitative estimate of drug-likeness (QED) is 0.867. The number of amides is 1. The Hall–Kier alpha value is -2.38.